The van der Waals surface area contributed by atoms with Crippen LogP contribution in [0.3, 0.4) is 0 Å². The maximum atomic E-state index is 9.34. The zero-order valence-electron chi connectivity index (χ0n) is 12.1. The Labute approximate surface area is 115 Å². The number of fused-ring (bicyclic) bond motifs is 1. The minimum atomic E-state index is -0.429. The molecule has 1 aliphatic rings. The molecule has 1 aliphatic carbocycles. The lowest BCUT2D eigenvalue weighted by Gasteiger charge is -2.24. The van der Waals surface area contributed by atoms with Crippen LogP contribution < -0.4 is 5.32 Å². The molecular weight excluding hydrogens is 236 g/mol. The zero-order valence-corrected chi connectivity index (χ0v) is 12.1. The summed E-state index contributed by atoms with van der Waals surface area (Å²) in [6.45, 7) is 5.89. The number of nitrogens with zero attached hydrogens (tertiary/aromatic N) is 3. The molecule has 1 aromatic heterocycles. The minimum absolute atomic E-state index is 0.429. The van der Waals surface area contributed by atoms with Gasteiger partial charge in [0.15, 0.2) is 0 Å². The first kappa shape index (κ1) is 14.1. The molecule has 4 heteroatoms. The lowest BCUT2D eigenvalue weighted by molar-refractivity contribution is 0.389. The Bertz CT molecular complexity index is 457. The second-order valence-electron chi connectivity index (χ2n) is 5.66. The summed E-state index contributed by atoms with van der Waals surface area (Å²) < 4.78 is 2.25. The van der Waals surface area contributed by atoms with Crippen molar-refractivity contribution in [1.82, 2.24) is 14.9 Å². The fourth-order valence-corrected chi connectivity index (χ4v) is 2.65. The largest absolute Gasteiger partial charge is 0.334 e. The number of aromatic nitrogens is 2. The number of aryl methyl sites for hydroxylation is 2. The van der Waals surface area contributed by atoms with Gasteiger partial charge in [0.05, 0.1) is 18.1 Å². The van der Waals surface area contributed by atoms with Crippen LogP contribution in [0.15, 0.2) is 6.33 Å². The van der Waals surface area contributed by atoms with E-state index in [9.17, 15) is 5.26 Å². The van der Waals surface area contributed by atoms with Gasteiger partial charge in [0, 0.05) is 12.2 Å². The molecule has 4 nitrogen and oxygen atoms in total. The molecule has 1 aromatic rings. The average molecular weight is 260 g/mol. The molecule has 1 heterocycles. The Morgan fingerprint density at radius 2 is 2.26 bits per heavy atom. The van der Waals surface area contributed by atoms with E-state index in [1.54, 1.807) is 0 Å². The van der Waals surface area contributed by atoms with Crippen LogP contribution >= 0.6 is 0 Å². The third-order valence-electron chi connectivity index (χ3n) is 3.97. The molecule has 104 valence electrons. The highest BCUT2D eigenvalue weighted by molar-refractivity contribution is 5.16. The zero-order chi connectivity index (χ0) is 13.7. The summed E-state index contributed by atoms with van der Waals surface area (Å²) in [7, 11) is 0. The molecule has 2 rings (SSSR count). The maximum Gasteiger partial charge on any atom is 0.105 e. The normalized spacial score (nSPS) is 17.5. The first-order valence-electron chi connectivity index (χ1n) is 7.37. The summed E-state index contributed by atoms with van der Waals surface area (Å²) in [6, 6.07) is 2.41. The van der Waals surface area contributed by atoms with Crippen LogP contribution in [-0.4, -0.2) is 21.6 Å². The van der Waals surface area contributed by atoms with E-state index in [2.05, 4.69) is 27.9 Å². The van der Waals surface area contributed by atoms with Crippen LogP contribution in [0.1, 0.15) is 50.9 Å². The molecule has 1 atom stereocenters. The number of nitriles is 1. The summed E-state index contributed by atoms with van der Waals surface area (Å²) in [5.74, 6) is 0. The molecule has 0 aliphatic heterocycles. The lowest BCUT2D eigenvalue weighted by atomic mass is 9.98. The van der Waals surface area contributed by atoms with Gasteiger partial charge in [-0.2, -0.15) is 5.26 Å². The Hall–Kier alpha value is -1.34. The van der Waals surface area contributed by atoms with Crippen molar-refractivity contribution in [1.29, 1.82) is 5.26 Å². The van der Waals surface area contributed by atoms with Crippen molar-refractivity contribution in [2.75, 3.05) is 6.54 Å². The van der Waals surface area contributed by atoms with Crippen molar-refractivity contribution in [3.05, 3.63) is 17.7 Å². The Morgan fingerprint density at radius 1 is 1.47 bits per heavy atom. The standard InChI is InChI=1S/C15H24N4/c1-3-9-18-15(2,11-16)8-10-19-12-17-13-6-4-5-7-14(13)19/h12,18H,3-10H2,1-2H3. The van der Waals surface area contributed by atoms with E-state index in [0.717, 1.165) is 38.8 Å². The van der Waals surface area contributed by atoms with Crippen molar-refractivity contribution in [3.8, 4) is 6.07 Å². The molecule has 0 radical (unpaired) electrons. The van der Waals surface area contributed by atoms with E-state index in [-0.39, 0.29) is 0 Å². The van der Waals surface area contributed by atoms with Gasteiger partial charge >= 0.3 is 0 Å². The van der Waals surface area contributed by atoms with Crippen molar-refractivity contribution in [2.45, 2.75) is 64.5 Å². The van der Waals surface area contributed by atoms with Crippen molar-refractivity contribution < 1.29 is 0 Å². The van der Waals surface area contributed by atoms with Crippen LogP contribution in [0.4, 0.5) is 0 Å². The average Bonchev–Trinajstić information content (AvgIpc) is 2.86. The van der Waals surface area contributed by atoms with Gasteiger partial charge in [0.25, 0.3) is 0 Å². The summed E-state index contributed by atoms with van der Waals surface area (Å²) in [6.07, 6.45) is 8.62. The Kier molecular flexibility index (Phi) is 4.60. The molecule has 19 heavy (non-hydrogen) atoms. The van der Waals surface area contributed by atoms with E-state index in [1.807, 2.05) is 13.3 Å². The topological polar surface area (TPSA) is 53.6 Å². The second-order valence-corrected chi connectivity index (χ2v) is 5.66. The molecule has 0 amide bonds. The molecule has 0 saturated heterocycles. The van der Waals surface area contributed by atoms with Gasteiger partial charge in [-0.25, -0.2) is 4.98 Å². The van der Waals surface area contributed by atoms with Crippen LogP contribution in [0.25, 0.3) is 0 Å². The van der Waals surface area contributed by atoms with E-state index in [0.29, 0.717) is 0 Å². The number of hydrogen-bond acceptors (Lipinski definition) is 3. The molecule has 1 unspecified atom stereocenters. The second kappa shape index (κ2) is 6.21. The lowest BCUT2D eigenvalue weighted by Crippen LogP contribution is -2.42. The van der Waals surface area contributed by atoms with Gasteiger partial charge < -0.3 is 4.57 Å². The third kappa shape index (κ3) is 3.36. The van der Waals surface area contributed by atoms with Crippen LogP contribution in [0, 0.1) is 11.3 Å². The van der Waals surface area contributed by atoms with E-state index < -0.39 is 5.54 Å². The van der Waals surface area contributed by atoms with Crippen molar-refractivity contribution in [2.24, 2.45) is 0 Å². The summed E-state index contributed by atoms with van der Waals surface area (Å²) >= 11 is 0. The van der Waals surface area contributed by atoms with Gasteiger partial charge in [-0.3, -0.25) is 5.32 Å². The van der Waals surface area contributed by atoms with Gasteiger partial charge in [0.2, 0.25) is 0 Å². The third-order valence-corrected chi connectivity index (χ3v) is 3.97. The molecule has 0 spiro atoms. The molecule has 0 aromatic carbocycles. The number of hydrogen-bond donors (Lipinski definition) is 1. The maximum absolute atomic E-state index is 9.34. The fraction of sp³-hybridized carbons (Fsp3) is 0.733. The highest BCUT2D eigenvalue weighted by atomic mass is 15.1. The van der Waals surface area contributed by atoms with Crippen molar-refractivity contribution >= 4 is 0 Å². The monoisotopic (exact) mass is 260 g/mol. The highest BCUT2D eigenvalue weighted by Gasteiger charge is 2.23. The predicted molar refractivity (Wildman–Crippen MR) is 75.8 cm³/mol. The van der Waals surface area contributed by atoms with Gasteiger partial charge in [-0.1, -0.05) is 6.92 Å². The van der Waals surface area contributed by atoms with Crippen LogP contribution in [-0.2, 0) is 19.4 Å². The van der Waals surface area contributed by atoms with Gasteiger partial charge in [-0.05, 0) is 52.0 Å². The minimum Gasteiger partial charge on any atom is -0.334 e. The van der Waals surface area contributed by atoms with Crippen LogP contribution in [0.5, 0.6) is 0 Å². The Morgan fingerprint density at radius 3 is 3.00 bits per heavy atom. The summed E-state index contributed by atoms with van der Waals surface area (Å²) in [4.78, 5) is 4.51. The van der Waals surface area contributed by atoms with Crippen molar-refractivity contribution in [3.63, 3.8) is 0 Å². The fourth-order valence-electron chi connectivity index (χ4n) is 2.65. The predicted octanol–water partition coefficient (Wildman–Crippen LogP) is 2.43. The number of nitrogens with one attached hydrogen (secondary N) is 1. The van der Waals surface area contributed by atoms with Crippen LogP contribution in [0.2, 0.25) is 0 Å². The molecule has 1 N–H and O–H groups in total. The number of imidazole rings is 1. The SMILES string of the molecule is CCCNC(C)(C#N)CCn1cnc2c1CCCC2. The quantitative estimate of drug-likeness (QED) is 0.854. The summed E-state index contributed by atoms with van der Waals surface area (Å²) in [5.41, 5.74) is 2.23. The highest BCUT2D eigenvalue weighted by Crippen LogP contribution is 2.21. The van der Waals surface area contributed by atoms with Gasteiger partial charge in [0.1, 0.15) is 5.54 Å². The van der Waals surface area contributed by atoms with E-state index in [1.165, 1.54) is 24.2 Å². The van der Waals surface area contributed by atoms with E-state index >= 15 is 0 Å². The smallest absolute Gasteiger partial charge is 0.105 e. The molecular formula is C15H24N4. The molecule has 0 fully saturated rings. The first-order chi connectivity index (χ1) is 9.18. The van der Waals surface area contributed by atoms with E-state index in [4.69, 9.17) is 0 Å². The molecule has 0 saturated carbocycles. The first-order valence-corrected chi connectivity index (χ1v) is 7.37. The summed E-state index contributed by atoms with van der Waals surface area (Å²) in [5, 5.41) is 12.7. The number of rotatable bonds is 6. The molecule has 0 bridgehead atoms. The Balaban J connectivity index is 1.98. The van der Waals surface area contributed by atoms with Gasteiger partial charge in [-0.15, -0.1) is 0 Å².